The van der Waals surface area contributed by atoms with Crippen LogP contribution in [0, 0.1) is 41.2 Å². The number of rotatable bonds is 11. The fraction of sp³-hybridized carbons (Fsp3) is 0.657. The Bertz CT molecular complexity index is 932. The topological polar surface area (TPSA) is 0 Å². The molecule has 2 aliphatic carbocycles. The second-order valence-corrected chi connectivity index (χ2v) is 12.6. The second kappa shape index (κ2) is 13.9. The summed E-state index contributed by atoms with van der Waals surface area (Å²) in [6.07, 6.45) is 20.0. The molecular weight excluding hydrogens is 458 g/mol. The van der Waals surface area contributed by atoms with E-state index in [2.05, 4.69) is 45.0 Å². The fourth-order valence-corrected chi connectivity index (χ4v) is 7.52. The van der Waals surface area contributed by atoms with E-state index in [1.807, 2.05) is 0 Å². The van der Waals surface area contributed by atoms with Gasteiger partial charge in [-0.1, -0.05) is 102 Å². The molecule has 0 nitrogen and oxygen atoms in total. The van der Waals surface area contributed by atoms with Gasteiger partial charge in [0, 0.05) is 0 Å². The zero-order valence-electron chi connectivity index (χ0n) is 23.7. The average molecular weight is 509 g/mol. The molecule has 0 aromatic heterocycles. The quantitative estimate of drug-likeness (QED) is 0.265. The summed E-state index contributed by atoms with van der Waals surface area (Å²) in [6.45, 7) is 7.25. The van der Waals surface area contributed by atoms with E-state index in [1.165, 1.54) is 108 Å². The van der Waals surface area contributed by atoms with Crippen LogP contribution in [0.1, 0.15) is 122 Å². The van der Waals surface area contributed by atoms with Crippen molar-refractivity contribution in [2.75, 3.05) is 0 Å². The maximum Gasteiger partial charge on any atom is 0.159 e. The Morgan fingerprint density at radius 3 is 1.84 bits per heavy atom. The zero-order valence-corrected chi connectivity index (χ0v) is 23.7. The van der Waals surface area contributed by atoms with Gasteiger partial charge in [0.2, 0.25) is 0 Å². The molecule has 2 aromatic carbocycles. The van der Waals surface area contributed by atoms with Crippen molar-refractivity contribution in [1.82, 2.24) is 0 Å². The monoisotopic (exact) mass is 508 g/mol. The highest BCUT2D eigenvalue weighted by Crippen LogP contribution is 2.45. The molecule has 0 bridgehead atoms. The van der Waals surface area contributed by atoms with E-state index in [9.17, 15) is 8.78 Å². The molecule has 0 radical (unpaired) electrons. The minimum atomic E-state index is -0.792. The lowest BCUT2D eigenvalue weighted by molar-refractivity contribution is 0.118. The van der Waals surface area contributed by atoms with Gasteiger partial charge in [0.15, 0.2) is 11.6 Å². The van der Waals surface area contributed by atoms with E-state index >= 15 is 0 Å². The second-order valence-electron chi connectivity index (χ2n) is 12.6. The Labute approximate surface area is 225 Å². The van der Waals surface area contributed by atoms with Crippen LogP contribution >= 0.6 is 0 Å². The van der Waals surface area contributed by atoms with Crippen LogP contribution in [0.3, 0.4) is 0 Å². The highest BCUT2D eigenvalue weighted by molar-refractivity contribution is 5.63. The number of unbranched alkanes of at least 4 members (excludes halogenated alkanes) is 4. The lowest BCUT2D eigenvalue weighted by Gasteiger charge is -2.40. The molecule has 0 spiro atoms. The normalized spacial score (nSPS) is 26.1. The van der Waals surface area contributed by atoms with Crippen LogP contribution in [0.5, 0.6) is 0 Å². The Balaban J connectivity index is 1.20. The first kappa shape index (κ1) is 28.3. The SMILES string of the molecule is CCCCCCCC1CCC(C(C)C2CCC(C(C)c3ccc(-c4ccc(F)c(F)c4)cc3)CC2)CC1. The highest BCUT2D eigenvalue weighted by Gasteiger charge is 2.33. The van der Waals surface area contributed by atoms with Crippen molar-refractivity contribution >= 4 is 0 Å². The van der Waals surface area contributed by atoms with E-state index in [1.54, 1.807) is 6.07 Å². The predicted molar refractivity (Wildman–Crippen MR) is 154 cm³/mol. The van der Waals surface area contributed by atoms with Gasteiger partial charge in [-0.25, -0.2) is 8.78 Å². The molecule has 204 valence electrons. The molecule has 0 N–H and O–H groups in total. The molecular formula is C35H50F2. The lowest BCUT2D eigenvalue weighted by atomic mass is 9.65. The molecule has 0 saturated heterocycles. The van der Waals surface area contributed by atoms with Crippen molar-refractivity contribution in [2.45, 2.75) is 117 Å². The summed E-state index contributed by atoms with van der Waals surface area (Å²) in [5.41, 5.74) is 3.04. The van der Waals surface area contributed by atoms with Crippen molar-refractivity contribution in [2.24, 2.45) is 29.6 Å². The first-order valence-electron chi connectivity index (χ1n) is 15.5. The van der Waals surface area contributed by atoms with Crippen LogP contribution in [0.25, 0.3) is 11.1 Å². The molecule has 2 heteroatoms. The van der Waals surface area contributed by atoms with Gasteiger partial charge in [-0.05, 0) is 103 Å². The number of halogens is 2. The first-order chi connectivity index (χ1) is 18.0. The lowest BCUT2D eigenvalue weighted by Crippen LogP contribution is -2.29. The number of hydrogen-bond donors (Lipinski definition) is 0. The Hall–Kier alpha value is -1.70. The molecule has 0 aliphatic heterocycles. The van der Waals surface area contributed by atoms with Crippen molar-refractivity contribution in [3.63, 3.8) is 0 Å². The van der Waals surface area contributed by atoms with Gasteiger partial charge in [-0.2, -0.15) is 0 Å². The van der Waals surface area contributed by atoms with Crippen molar-refractivity contribution in [3.05, 3.63) is 59.7 Å². The van der Waals surface area contributed by atoms with Crippen LogP contribution in [-0.4, -0.2) is 0 Å². The van der Waals surface area contributed by atoms with Gasteiger partial charge < -0.3 is 0 Å². The Morgan fingerprint density at radius 1 is 0.649 bits per heavy atom. The van der Waals surface area contributed by atoms with Gasteiger partial charge >= 0.3 is 0 Å². The van der Waals surface area contributed by atoms with Crippen LogP contribution < -0.4 is 0 Å². The smallest absolute Gasteiger partial charge is 0.159 e. The molecule has 2 unspecified atom stereocenters. The van der Waals surface area contributed by atoms with Crippen molar-refractivity contribution in [1.29, 1.82) is 0 Å². The van der Waals surface area contributed by atoms with Gasteiger partial charge in [-0.3, -0.25) is 0 Å². The van der Waals surface area contributed by atoms with Gasteiger partial charge in [-0.15, -0.1) is 0 Å². The van der Waals surface area contributed by atoms with E-state index in [0.29, 0.717) is 5.92 Å². The van der Waals surface area contributed by atoms with E-state index in [0.717, 1.165) is 40.7 Å². The molecule has 0 amide bonds. The highest BCUT2D eigenvalue weighted by atomic mass is 19.2. The summed E-state index contributed by atoms with van der Waals surface area (Å²) in [5.74, 6) is 3.48. The largest absolute Gasteiger partial charge is 0.204 e. The molecule has 2 aromatic rings. The Morgan fingerprint density at radius 2 is 1.22 bits per heavy atom. The maximum atomic E-state index is 13.6. The molecule has 0 heterocycles. The predicted octanol–water partition coefficient (Wildman–Crippen LogP) is 11.3. The minimum absolute atomic E-state index is 0.544. The third-order valence-corrected chi connectivity index (χ3v) is 10.3. The molecule has 2 aliphatic rings. The fourth-order valence-electron chi connectivity index (χ4n) is 7.52. The number of benzene rings is 2. The zero-order chi connectivity index (χ0) is 26.2. The Kier molecular flexibility index (Phi) is 10.6. The van der Waals surface area contributed by atoms with Crippen LogP contribution in [0.15, 0.2) is 42.5 Å². The maximum absolute atomic E-state index is 13.6. The van der Waals surface area contributed by atoms with E-state index < -0.39 is 11.6 Å². The number of hydrogen-bond acceptors (Lipinski definition) is 0. The van der Waals surface area contributed by atoms with E-state index in [-0.39, 0.29) is 0 Å². The first-order valence-corrected chi connectivity index (χ1v) is 15.5. The van der Waals surface area contributed by atoms with Gasteiger partial charge in [0.1, 0.15) is 0 Å². The summed E-state index contributed by atoms with van der Waals surface area (Å²) in [5, 5.41) is 0. The molecule has 37 heavy (non-hydrogen) atoms. The summed E-state index contributed by atoms with van der Waals surface area (Å²) in [7, 11) is 0. The van der Waals surface area contributed by atoms with Crippen LogP contribution in [0.2, 0.25) is 0 Å². The van der Waals surface area contributed by atoms with E-state index in [4.69, 9.17) is 0 Å². The molecule has 4 rings (SSSR count). The average Bonchev–Trinajstić information content (AvgIpc) is 2.94. The summed E-state index contributed by atoms with van der Waals surface area (Å²) in [6, 6.07) is 12.7. The van der Waals surface area contributed by atoms with Gasteiger partial charge in [0.25, 0.3) is 0 Å². The van der Waals surface area contributed by atoms with Crippen LogP contribution in [0.4, 0.5) is 8.78 Å². The summed E-state index contributed by atoms with van der Waals surface area (Å²) < 4.78 is 26.9. The molecule has 2 saturated carbocycles. The van der Waals surface area contributed by atoms with Gasteiger partial charge in [0.05, 0.1) is 0 Å². The van der Waals surface area contributed by atoms with Crippen molar-refractivity contribution in [3.8, 4) is 11.1 Å². The molecule has 2 fully saturated rings. The third kappa shape index (κ3) is 7.67. The standard InChI is InChI=1S/C35H50F2/c1-4-5-6-7-8-9-27-10-12-28(13-11-27)25(2)29-14-16-30(17-15-29)26(3)31-18-20-32(21-19-31)33-22-23-34(36)35(37)24-33/h18-30H,4-17H2,1-3H3. The van der Waals surface area contributed by atoms with Crippen LogP contribution in [-0.2, 0) is 0 Å². The minimum Gasteiger partial charge on any atom is -0.204 e. The third-order valence-electron chi connectivity index (χ3n) is 10.3. The van der Waals surface area contributed by atoms with Crippen molar-refractivity contribution < 1.29 is 8.78 Å². The summed E-state index contributed by atoms with van der Waals surface area (Å²) >= 11 is 0. The molecule has 2 atom stereocenters. The summed E-state index contributed by atoms with van der Waals surface area (Å²) in [4.78, 5) is 0.